The van der Waals surface area contributed by atoms with Gasteiger partial charge < -0.3 is 15.5 Å². The molecule has 29 heavy (non-hydrogen) atoms. The number of carbonyl (C=O) groups excluding carboxylic acids is 2. The molecule has 3 rings (SSSR count). The van der Waals surface area contributed by atoms with E-state index in [1.165, 1.54) is 0 Å². The lowest BCUT2D eigenvalue weighted by Gasteiger charge is -2.33. The average Bonchev–Trinajstić information content (AvgIpc) is 2.76. The molecule has 0 aromatic carbocycles. The fourth-order valence-corrected chi connectivity index (χ4v) is 3.55. The van der Waals surface area contributed by atoms with Gasteiger partial charge in [-0.1, -0.05) is 6.07 Å². The van der Waals surface area contributed by atoms with Crippen molar-refractivity contribution in [2.45, 2.75) is 32.6 Å². The summed E-state index contributed by atoms with van der Waals surface area (Å²) in [5, 5.41) is 5.85. The van der Waals surface area contributed by atoms with Gasteiger partial charge in [0.1, 0.15) is 5.82 Å². The summed E-state index contributed by atoms with van der Waals surface area (Å²) >= 11 is 0. The third-order valence-electron chi connectivity index (χ3n) is 5.11. The third kappa shape index (κ3) is 6.55. The Morgan fingerprint density at radius 3 is 2.79 bits per heavy atom. The highest BCUT2D eigenvalue weighted by Gasteiger charge is 2.21. The lowest BCUT2D eigenvalue weighted by atomic mass is 9.98. The van der Waals surface area contributed by atoms with Crippen molar-refractivity contribution >= 4 is 17.6 Å². The Morgan fingerprint density at radius 2 is 2.07 bits per heavy atom. The maximum atomic E-state index is 12.3. The Balaban J connectivity index is 1.45. The zero-order valence-electron chi connectivity index (χ0n) is 16.9. The predicted molar refractivity (Wildman–Crippen MR) is 113 cm³/mol. The van der Waals surface area contributed by atoms with E-state index in [9.17, 15) is 9.59 Å². The quantitative estimate of drug-likeness (QED) is 0.669. The largest absolute Gasteiger partial charge is 0.356 e. The molecule has 7 nitrogen and oxygen atoms in total. The summed E-state index contributed by atoms with van der Waals surface area (Å²) in [5.74, 6) is 1.21. The number of hydrogen-bond donors (Lipinski definition) is 2. The number of pyridine rings is 2. The summed E-state index contributed by atoms with van der Waals surface area (Å²) in [7, 11) is 0. The number of aryl methyl sites for hydroxylation is 1. The average molecular weight is 396 g/mol. The molecule has 0 aliphatic carbocycles. The molecule has 2 N–H and O–H groups in total. The van der Waals surface area contributed by atoms with Crippen molar-refractivity contribution in [3.8, 4) is 0 Å². The van der Waals surface area contributed by atoms with Gasteiger partial charge in [-0.15, -0.1) is 0 Å². The van der Waals surface area contributed by atoms with Crippen LogP contribution in [0.3, 0.4) is 0 Å². The molecule has 1 atom stereocenters. The molecule has 2 amide bonds. The molecule has 7 heteroatoms. The number of carbonyl (C=O) groups is 2. The van der Waals surface area contributed by atoms with Crippen molar-refractivity contribution in [1.82, 2.24) is 20.6 Å². The fourth-order valence-electron chi connectivity index (χ4n) is 3.55. The number of nitrogens with one attached hydrogen (secondary N) is 2. The summed E-state index contributed by atoms with van der Waals surface area (Å²) in [6.45, 7) is 4.67. The molecule has 0 bridgehead atoms. The van der Waals surface area contributed by atoms with Crippen molar-refractivity contribution < 1.29 is 9.59 Å². The van der Waals surface area contributed by atoms with Crippen molar-refractivity contribution in [2.75, 3.05) is 31.1 Å². The van der Waals surface area contributed by atoms with Gasteiger partial charge in [0.15, 0.2) is 0 Å². The van der Waals surface area contributed by atoms with Crippen molar-refractivity contribution in [3.05, 3.63) is 54.0 Å². The zero-order chi connectivity index (χ0) is 20.5. The van der Waals surface area contributed by atoms with Gasteiger partial charge in [-0.2, -0.15) is 0 Å². The number of hydrogen-bond acceptors (Lipinski definition) is 5. The molecular formula is C22H29N5O2. The predicted octanol–water partition coefficient (Wildman–Crippen LogP) is 2.19. The second-order valence-corrected chi connectivity index (χ2v) is 7.48. The number of piperidine rings is 1. The minimum atomic E-state index is -0.104. The molecule has 154 valence electrons. The number of amides is 2. The Bertz CT molecular complexity index is 795. The standard InChI is InChI=1S/C22H29N5O2/c1-17(28)25-14-18-6-5-13-27(16-18)21-10-9-19(15-26-21)22(29)24-12-4-8-20-7-2-3-11-23-20/h2-3,7,9-11,15,18H,4-6,8,12-14,16H2,1H3,(H,24,29)(H,25,28)/t18-/m1/s1. The molecule has 0 unspecified atom stereocenters. The van der Waals surface area contributed by atoms with Crippen molar-refractivity contribution in [1.29, 1.82) is 0 Å². The van der Waals surface area contributed by atoms with Gasteiger partial charge in [-0.05, 0) is 55.9 Å². The highest BCUT2D eigenvalue weighted by Crippen LogP contribution is 2.21. The molecule has 0 spiro atoms. The molecule has 0 radical (unpaired) electrons. The van der Waals surface area contributed by atoms with Crippen LogP contribution in [0.25, 0.3) is 0 Å². The molecule has 2 aromatic rings. The highest BCUT2D eigenvalue weighted by molar-refractivity contribution is 5.94. The third-order valence-corrected chi connectivity index (χ3v) is 5.11. The second-order valence-electron chi connectivity index (χ2n) is 7.48. The first kappa shape index (κ1) is 20.8. The fraction of sp³-hybridized carbons (Fsp3) is 0.455. The summed E-state index contributed by atoms with van der Waals surface area (Å²) < 4.78 is 0. The molecule has 1 aliphatic rings. The molecule has 2 aromatic heterocycles. The first-order chi connectivity index (χ1) is 14.1. The molecular weight excluding hydrogens is 366 g/mol. The number of nitrogens with zero attached hydrogens (tertiary/aromatic N) is 3. The molecule has 3 heterocycles. The lowest BCUT2D eigenvalue weighted by molar-refractivity contribution is -0.119. The normalized spacial score (nSPS) is 16.3. The van der Waals surface area contributed by atoms with Crippen LogP contribution in [0.15, 0.2) is 42.7 Å². The van der Waals surface area contributed by atoms with Gasteiger partial charge in [-0.25, -0.2) is 4.98 Å². The minimum absolute atomic E-state index is 0.00986. The zero-order valence-corrected chi connectivity index (χ0v) is 16.9. The van der Waals surface area contributed by atoms with Gasteiger partial charge in [0.05, 0.1) is 5.56 Å². The Hall–Kier alpha value is -2.96. The summed E-state index contributed by atoms with van der Waals surface area (Å²) in [5.41, 5.74) is 1.60. The lowest BCUT2D eigenvalue weighted by Crippen LogP contribution is -2.41. The van der Waals surface area contributed by atoms with Gasteiger partial charge in [0.25, 0.3) is 5.91 Å². The maximum absolute atomic E-state index is 12.3. The Morgan fingerprint density at radius 1 is 1.17 bits per heavy atom. The van der Waals surface area contributed by atoms with Crippen LogP contribution < -0.4 is 15.5 Å². The van der Waals surface area contributed by atoms with Crippen molar-refractivity contribution in [3.63, 3.8) is 0 Å². The first-order valence-corrected chi connectivity index (χ1v) is 10.3. The van der Waals surface area contributed by atoms with E-state index < -0.39 is 0 Å². The van der Waals surface area contributed by atoms with Crippen LogP contribution in [-0.4, -0.2) is 48.0 Å². The SMILES string of the molecule is CC(=O)NC[C@H]1CCCN(c2ccc(C(=O)NCCCc3ccccn3)cn2)C1. The minimum Gasteiger partial charge on any atom is -0.356 e. The van der Waals surface area contributed by atoms with Crippen LogP contribution in [0, 0.1) is 5.92 Å². The van der Waals surface area contributed by atoms with Gasteiger partial charge in [0, 0.05) is 51.2 Å². The summed E-state index contributed by atoms with van der Waals surface area (Å²) in [6.07, 6.45) is 7.29. The van der Waals surface area contributed by atoms with Crippen LogP contribution in [0.2, 0.25) is 0 Å². The highest BCUT2D eigenvalue weighted by atomic mass is 16.2. The van der Waals surface area contributed by atoms with E-state index in [4.69, 9.17) is 0 Å². The van der Waals surface area contributed by atoms with E-state index in [2.05, 4.69) is 25.5 Å². The number of anilines is 1. The Labute approximate surface area is 171 Å². The number of aromatic nitrogens is 2. The first-order valence-electron chi connectivity index (χ1n) is 10.3. The maximum Gasteiger partial charge on any atom is 0.252 e. The molecule has 1 fully saturated rings. The van der Waals surface area contributed by atoms with Crippen LogP contribution >= 0.6 is 0 Å². The second kappa shape index (κ2) is 10.5. The molecule has 1 saturated heterocycles. The van der Waals surface area contributed by atoms with Gasteiger partial charge >= 0.3 is 0 Å². The van der Waals surface area contributed by atoms with Crippen molar-refractivity contribution in [2.24, 2.45) is 5.92 Å². The van der Waals surface area contributed by atoms with E-state index in [1.807, 2.05) is 30.3 Å². The smallest absolute Gasteiger partial charge is 0.252 e. The van der Waals surface area contributed by atoms with E-state index in [0.29, 0.717) is 24.6 Å². The summed E-state index contributed by atoms with van der Waals surface area (Å²) in [4.78, 5) is 34.5. The topological polar surface area (TPSA) is 87.2 Å². The van der Waals surface area contributed by atoms with E-state index in [0.717, 1.165) is 50.3 Å². The van der Waals surface area contributed by atoms with Crippen LogP contribution in [0.1, 0.15) is 42.2 Å². The van der Waals surface area contributed by atoms with E-state index in [-0.39, 0.29) is 11.8 Å². The van der Waals surface area contributed by atoms with Crippen LogP contribution in [0.4, 0.5) is 5.82 Å². The van der Waals surface area contributed by atoms with E-state index >= 15 is 0 Å². The van der Waals surface area contributed by atoms with E-state index in [1.54, 1.807) is 19.3 Å². The monoisotopic (exact) mass is 395 g/mol. The van der Waals surface area contributed by atoms with Gasteiger partial charge in [-0.3, -0.25) is 14.6 Å². The molecule has 1 aliphatic heterocycles. The van der Waals surface area contributed by atoms with Crippen LogP contribution in [-0.2, 0) is 11.2 Å². The number of rotatable bonds is 8. The van der Waals surface area contributed by atoms with Gasteiger partial charge in [0.2, 0.25) is 5.91 Å². The Kier molecular flexibility index (Phi) is 7.55. The van der Waals surface area contributed by atoms with Crippen LogP contribution in [0.5, 0.6) is 0 Å². The molecule has 0 saturated carbocycles. The summed E-state index contributed by atoms with van der Waals surface area (Å²) in [6, 6.07) is 9.59.